The first-order chi connectivity index (χ1) is 8.74. The molecule has 0 bridgehead atoms. The van der Waals surface area contributed by atoms with Crippen molar-refractivity contribution >= 4 is 11.2 Å². The Morgan fingerprint density at radius 1 is 1.11 bits per heavy atom. The van der Waals surface area contributed by atoms with Crippen LogP contribution in [0.5, 0.6) is 5.75 Å². The second-order valence-electron chi connectivity index (χ2n) is 3.76. The fourth-order valence-corrected chi connectivity index (χ4v) is 1.70. The van der Waals surface area contributed by atoms with Gasteiger partial charge in [0.05, 0.1) is 11.9 Å². The highest BCUT2D eigenvalue weighted by Crippen LogP contribution is 2.28. The first-order valence-electron chi connectivity index (χ1n) is 5.31. The molecule has 0 saturated heterocycles. The molecule has 3 aromatic rings. The molecular formula is C13H8FN3O. The molecule has 0 aliphatic carbocycles. The summed E-state index contributed by atoms with van der Waals surface area (Å²) >= 11 is 0. The molecule has 0 unspecified atom stereocenters. The summed E-state index contributed by atoms with van der Waals surface area (Å²) in [4.78, 5) is 12.6. The molecule has 3 rings (SSSR count). The average Bonchev–Trinajstić information content (AvgIpc) is 2.38. The Bertz CT molecular complexity index is 730. The number of hydrogen-bond donors (Lipinski definition) is 1. The van der Waals surface area contributed by atoms with Gasteiger partial charge in [0.2, 0.25) is 0 Å². The summed E-state index contributed by atoms with van der Waals surface area (Å²) in [6.07, 6.45) is 3.14. The Balaban J connectivity index is 2.19. The Hall–Kier alpha value is -2.56. The summed E-state index contributed by atoms with van der Waals surface area (Å²) in [7, 11) is 0. The molecule has 0 saturated carbocycles. The van der Waals surface area contributed by atoms with E-state index < -0.39 is 5.82 Å². The van der Waals surface area contributed by atoms with Crippen molar-refractivity contribution < 1.29 is 9.50 Å². The van der Waals surface area contributed by atoms with Crippen molar-refractivity contribution in [3.63, 3.8) is 0 Å². The van der Waals surface area contributed by atoms with Crippen LogP contribution < -0.4 is 0 Å². The van der Waals surface area contributed by atoms with Crippen molar-refractivity contribution in [2.45, 2.75) is 0 Å². The number of hydrogen-bond acceptors (Lipinski definition) is 4. The molecule has 0 spiro atoms. The van der Waals surface area contributed by atoms with E-state index in [0.29, 0.717) is 22.4 Å². The van der Waals surface area contributed by atoms with Crippen molar-refractivity contribution in [2.24, 2.45) is 0 Å². The minimum atomic E-state index is -0.497. The third-order valence-electron chi connectivity index (χ3n) is 2.55. The Labute approximate surface area is 102 Å². The van der Waals surface area contributed by atoms with Crippen molar-refractivity contribution in [1.29, 1.82) is 0 Å². The smallest absolute Gasteiger partial charge is 0.178 e. The summed E-state index contributed by atoms with van der Waals surface area (Å²) < 4.78 is 12.9. The predicted molar refractivity (Wildman–Crippen MR) is 64.4 cm³/mol. The maximum absolute atomic E-state index is 12.9. The minimum Gasteiger partial charge on any atom is -0.507 e. The molecule has 0 amide bonds. The second-order valence-corrected chi connectivity index (χ2v) is 3.76. The molecule has 18 heavy (non-hydrogen) atoms. The average molecular weight is 241 g/mol. The number of aromatic hydroxyl groups is 1. The second kappa shape index (κ2) is 4.03. The van der Waals surface area contributed by atoms with E-state index >= 15 is 0 Å². The van der Waals surface area contributed by atoms with Crippen molar-refractivity contribution in [3.8, 4) is 17.0 Å². The molecule has 4 nitrogen and oxygen atoms in total. The molecule has 5 heteroatoms. The molecule has 0 aliphatic rings. The quantitative estimate of drug-likeness (QED) is 0.711. The lowest BCUT2D eigenvalue weighted by molar-refractivity contribution is 0.471. The highest BCUT2D eigenvalue weighted by molar-refractivity contribution is 5.74. The van der Waals surface area contributed by atoms with Gasteiger partial charge >= 0.3 is 0 Å². The number of fused-ring (bicyclic) bond motifs is 1. The van der Waals surface area contributed by atoms with Crippen LogP contribution in [0.25, 0.3) is 22.4 Å². The number of aromatic nitrogens is 3. The molecule has 2 heterocycles. The number of benzene rings is 1. The van der Waals surface area contributed by atoms with Crippen molar-refractivity contribution in [3.05, 3.63) is 48.5 Å². The van der Waals surface area contributed by atoms with Gasteiger partial charge in [-0.1, -0.05) is 0 Å². The van der Waals surface area contributed by atoms with Gasteiger partial charge in [0.15, 0.2) is 5.65 Å². The summed E-state index contributed by atoms with van der Waals surface area (Å²) in [5.41, 5.74) is 2.04. The van der Waals surface area contributed by atoms with Crippen LogP contribution in [0, 0.1) is 5.82 Å². The van der Waals surface area contributed by atoms with Crippen molar-refractivity contribution in [1.82, 2.24) is 15.0 Å². The SMILES string of the molecule is Oc1cc(F)ccc1-c1cnc2cccnc2n1. The summed E-state index contributed by atoms with van der Waals surface area (Å²) in [5.74, 6) is -0.664. The van der Waals surface area contributed by atoms with Crippen molar-refractivity contribution in [2.75, 3.05) is 0 Å². The van der Waals surface area contributed by atoms with E-state index in [2.05, 4.69) is 15.0 Å². The van der Waals surface area contributed by atoms with E-state index in [9.17, 15) is 9.50 Å². The molecule has 0 atom stereocenters. The third kappa shape index (κ3) is 1.75. The van der Waals surface area contributed by atoms with Gasteiger partial charge in [-0.3, -0.25) is 4.98 Å². The number of halogens is 1. The number of nitrogens with zero attached hydrogens (tertiary/aromatic N) is 3. The van der Waals surface area contributed by atoms with Crippen LogP contribution in [0.1, 0.15) is 0 Å². The number of rotatable bonds is 1. The normalized spacial score (nSPS) is 10.7. The van der Waals surface area contributed by atoms with E-state index in [4.69, 9.17) is 0 Å². The van der Waals surface area contributed by atoms with Crippen LogP contribution in [-0.2, 0) is 0 Å². The molecule has 2 aromatic heterocycles. The van der Waals surface area contributed by atoms with Gasteiger partial charge in [-0.25, -0.2) is 14.4 Å². The fourth-order valence-electron chi connectivity index (χ4n) is 1.70. The van der Waals surface area contributed by atoms with Crippen LogP contribution in [0.4, 0.5) is 4.39 Å². The molecule has 88 valence electrons. The first kappa shape index (κ1) is 10.6. The highest BCUT2D eigenvalue weighted by Gasteiger charge is 2.08. The zero-order valence-corrected chi connectivity index (χ0v) is 9.21. The lowest BCUT2D eigenvalue weighted by Crippen LogP contribution is -1.91. The molecule has 1 aromatic carbocycles. The van der Waals surface area contributed by atoms with E-state index in [0.717, 1.165) is 6.07 Å². The predicted octanol–water partition coefficient (Wildman–Crippen LogP) is 2.54. The van der Waals surface area contributed by atoms with Gasteiger partial charge in [-0.05, 0) is 24.3 Å². The molecule has 0 aliphatic heterocycles. The lowest BCUT2D eigenvalue weighted by Gasteiger charge is -2.04. The van der Waals surface area contributed by atoms with Gasteiger partial charge in [0.1, 0.15) is 17.1 Å². The topological polar surface area (TPSA) is 58.9 Å². The van der Waals surface area contributed by atoms with Gasteiger partial charge in [0, 0.05) is 17.8 Å². The molecule has 0 radical (unpaired) electrons. The molecule has 0 fully saturated rings. The number of pyridine rings is 1. The Morgan fingerprint density at radius 2 is 2.00 bits per heavy atom. The standard InChI is InChI=1S/C13H8FN3O/c14-8-3-4-9(12(18)6-8)11-7-16-10-2-1-5-15-13(10)17-11/h1-7,18H. The van der Waals surface area contributed by atoms with Gasteiger partial charge in [-0.2, -0.15) is 0 Å². The summed E-state index contributed by atoms with van der Waals surface area (Å²) in [6.45, 7) is 0. The van der Waals surface area contributed by atoms with Gasteiger partial charge < -0.3 is 5.11 Å². The van der Waals surface area contributed by atoms with Gasteiger partial charge in [0.25, 0.3) is 0 Å². The van der Waals surface area contributed by atoms with E-state index in [1.54, 1.807) is 18.3 Å². The third-order valence-corrected chi connectivity index (χ3v) is 2.55. The minimum absolute atomic E-state index is 0.167. The lowest BCUT2D eigenvalue weighted by atomic mass is 10.1. The monoisotopic (exact) mass is 241 g/mol. The summed E-state index contributed by atoms with van der Waals surface area (Å²) in [5, 5.41) is 9.69. The van der Waals surface area contributed by atoms with Crippen LogP contribution >= 0.6 is 0 Å². The van der Waals surface area contributed by atoms with E-state index in [1.807, 2.05) is 0 Å². The van der Waals surface area contributed by atoms with Gasteiger partial charge in [-0.15, -0.1) is 0 Å². The highest BCUT2D eigenvalue weighted by atomic mass is 19.1. The maximum atomic E-state index is 12.9. The summed E-state index contributed by atoms with van der Waals surface area (Å²) in [6, 6.07) is 7.33. The Kier molecular flexibility index (Phi) is 2.37. The zero-order chi connectivity index (χ0) is 12.5. The van der Waals surface area contributed by atoms with E-state index in [1.165, 1.54) is 18.3 Å². The number of phenolic OH excluding ortho intramolecular Hbond substituents is 1. The van der Waals surface area contributed by atoms with Crippen LogP contribution in [0.3, 0.4) is 0 Å². The van der Waals surface area contributed by atoms with Crippen LogP contribution in [-0.4, -0.2) is 20.1 Å². The zero-order valence-electron chi connectivity index (χ0n) is 9.21. The maximum Gasteiger partial charge on any atom is 0.178 e. The van der Waals surface area contributed by atoms with Crippen LogP contribution in [0.2, 0.25) is 0 Å². The molecule has 1 N–H and O–H groups in total. The fraction of sp³-hybridized carbons (Fsp3) is 0. The number of phenols is 1. The van der Waals surface area contributed by atoms with Crippen LogP contribution in [0.15, 0.2) is 42.7 Å². The van der Waals surface area contributed by atoms with E-state index in [-0.39, 0.29) is 5.75 Å². The largest absolute Gasteiger partial charge is 0.507 e. The molecular weight excluding hydrogens is 233 g/mol. The first-order valence-corrected chi connectivity index (χ1v) is 5.31. The Morgan fingerprint density at radius 3 is 2.83 bits per heavy atom.